The number of para-hydroxylation sites is 1. The third kappa shape index (κ3) is 11.0. The largest absolute Gasteiger partial charge is 0.457 e. The number of anilines is 1. The molecule has 0 spiro atoms. The fraction of sp³-hybridized carbons (Fsp3) is 0.310. The van der Waals surface area contributed by atoms with Crippen molar-refractivity contribution in [3.8, 4) is 11.5 Å². The molecule has 6 rings (SSSR count). The van der Waals surface area contributed by atoms with Crippen LogP contribution in [0.1, 0.15) is 24.0 Å². The summed E-state index contributed by atoms with van der Waals surface area (Å²) in [6, 6.07) is 31.2. The summed E-state index contributed by atoms with van der Waals surface area (Å²) in [6.07, 6.45) is -2.50. The number of halogens is 2. The van der Waals surface area contributed by atoms with Crippen LogP contribution >= 0.6 is 31.9 Å². The maximum Gasteiger partial charge on any atom is 0.412 e. The van der Waals surface area contributed by atoms with Gasteiger partial charge >= 0.3 is 18.0 Å². The summed E-state index contributed by atoms with van der Waals surface area (Å²) < 4.78 is 37.4. The first-order chi connectivity index (χ1) is 26.7. The molecule has 7 atom stereocenters. The van der Waals surface area contributed by atoms with Gasteiger partial charge in [-0.3, -0.25) is 14.9 Å². The third-order valence-corrected chi connectivity index (χ3v) is 10.2. The molecule has 1 saturated heterocycles. The number of methoxy groups -OCH3 is 1. The van der Waals surface area contributed by atoms with E-state index in [0.717, 1.165) is 20.1 Å². The van der Waals surface area contributed by atoms with Gasteiger partial charge in [0.15, 0.2) is 24.6 Å². The highest BCUT2D eigenvalue weighted by molar-refractivity contribution is 9.10. The van der Waals surface area contributed by atoms with Crippen LogP contribution in [0, 0.1) is 11.8 Å². The highest BCUT2D eigenvalue weighted by Crippen LogP contribution is 2.33. The van der Waals surface area contributed by atoms with E-state index in [1.165, 1.54) is 7.11 Å². The molecule has 4 aromatic rings. The van der Waals surface area contributed by atoms with Gasteiger partial charge in [-0.1, -0.05) is 86.5 Å². The van der Waals surface area contributed by atoms with Gasteiger partial charge in [0.05, 0.1) is 18.4 Å². The Hall–Kier alpha value is -4.53. The molecule has 2 aliphatic heterocycles. The summed E-state index contributed by atoms with van der Waals surface area (Å²) in [7, 11) is 1.35. The second kappa shape index (κ2) is 19.4. The SMILES string of the molecule is CO[C@H]1O[C@H](CO)[C@@H](OC(=O)Nc2ccc(Oc3ccccc3)cc2)[C@@H]2OC(=O)[C@H](Cc3cccc(Br)c3)C/C=C/C[C@@H](Cc3cccc(Br)c3)C(=O)O[C@@H]12. The molecule has 1 fully saturated rings. The Kier molecular flexibility index (Phi) is 14.1. The van der Waals surface area contributed by atoms with Crippen molar-refractivity contribution in [3.05, 3.63) is 135 Å². The van der Waals surface area contributed by atoms with E-state index in [9.17, 15) is 19.5 Å². The van der Waals surface area contributed by atoms with E-state index in [4.69, 9.17) is 28.4 Å². The number of benzene rings is 4. The lowest BCUT2D eigenvalue weighted by Crippen LogP contribution is -2.63. The Morgan fingerprint density at radius 3 is 1.87 bits per heavy atom. The minimum atomic E-state index is -1.42. The van der Waals surface area contributed by atoms with E-state index in [1.807, 2.05) is 91.0 Å². The molecule has 1 amide bonds. The average Bonchev–Trinajstić information content (AvgIpc) is 3.17. The molecule has 0 bridgehead atoms. The summed E-state index contributed by atoms with van der Waals surface area (Å²) >= 11 is 7.01. The quantitative estimate of drug-likeness (QED) is 0.0912. The normalized spacial score (nSPS) is 24.8. The van der Waals surface area contributed by atoms with Gasteiger partial charge in [0.1, 0.15) is 17.6 Å². The van der Waals surface area contributed by atoms with Crippen LogP contribution < -0.4 is 10.1 Å². The Morgan fingerprint density at radius 1 is 0.764 bits per heavy atom. The molecule has 11 nitrogen and oxygen atoms in total. The number of aliphatic hydroxyl groups is 1. The van der Waals surface area contributed by atoms with Crippen molar-refractivity contribution < 1.29 is 47.9 Å². The number of aliphatic hydroxyl groups excluding tert-OH is 1. The molecule has 0 saturated carbocycles. The molecule has 4 aromatic carbocycles. The van der Waals surface area contributed by atoms with Crippen molar-refractivity contribution in [2.75, 3.05) is 19.0 Å². The number of rotatable bonds is 10. The Balaban J connectivity index is 1.28. The zero-order valence-electron chi connectivity index (χ0n) is 29.9. The zero-order chi connectivity index (χ0) is 38.7. The summed E-state index contributed by atoms with van der Waals surface area (Å²) in [5.41, 5.74) is 2.19. The van der Waals surface area contributed by atoms with Crippen LogP contribution in [-0.4, -0.2) is 67.6 Å². The van der Waals surface area contributed by atoms with E-state index in [2.05, 4.69) is 37.2 Å². The molecule has 55 heavy (non-hydrogen) atoms. The monoisotopic (exact) mass is 877 g/mol. The second-order valence-electron chi connectivity index (χ2n) is 13.2. The van der Waals surface area contributed by atoms with E-state index in [1.54, 1.807) is 24.3 Å². The number of nitrogens with one attached hydrogen (secondary N) is 1. The van der Waals surface area contributed by atoms with E-state index >= 15 is 0 Å². The standard InChI is InChI=1S/C42H41Br2NO10/c1-50-41-38-37(36(35(25-46)52-41)55-42(49)45-32-17-19-34(20-18-32)51-33-15-3-2-4-16-33)53-39(47)28(21-26-9-7-13-30(43)23-26)11-5-6-12-29(40(48)54-38)22-27-10-8-14-31(44)24-27/h2-10,13-20,23-24,28-29,35-38,41,46H,11-12,21-22,25H2,1H3,(H,45,49)/b6-5+/t28-,29-,35+,36+,37-,38+,41-/m0/s1. The van der Waals surface area contributed by atoms with Crippen LogP contribution in [0.2, 0.25) is 0 Å². The molecule has 0 aromatic heterocycles. The molecular formula is C42H41Br2NO10. The van der Waals surface area contributed by atoms with Crippen molar-refractivity contribution in [1.29, 1.82) is 0 Å². The zero-order valence-corrected chi connectivity index (χ0v) is 33.1. The second-order valence-corrected chi connectivity index (χ2v) is 15.0. The molecule has 2 aliphatic rings. The predicted octanol–water partition coefficient (Wildman–Crippen LogP) is 8.18. The number of fused-ring (bicyclic) bond motifs is 1. The number of esters is 2. The third-order valence-electron chi connectivity index (χ3n) is 9.25. The van der Waals surface area contributed by atoms with E-state index in [0.29, 0.717) is 42.9 Å². The van der Waals surface area contributed by atoms with Crippen LogP contribution in [0.25, 0.3) is 0 Å². The topological polar surface area (TPSA) is 139 Å². The lowest BCUT2D eigenvalue weighted by Gasteiger charge is -2.44. The molecule has 0 unspecified atom stereocenters. The van der Waals surface area contributed by atoms with Crippen LogP contribution in [0.3, 0.4) is 0 Å². The van der Waals surface area contributed by atoms with Crippen molar-refractivity contribution >= 4 is 55.6 Å². The average molecular weight is 880 g/mol. The molecule has 13 heteroatoms. The molecule has 2 heterocycles. The molecule has 2 N–H and O–H groups in total. The van der Waals surface area contributed by atoms with Crippen molar-refractivity contribution in [3.63, 3.8) is 0 Å². The van der Waals surface area contributed by atoms with Crippen molar-refractivity contribution in [2.24, 2.45) is 11.8 Å². The number of hydrogen-bond donors (Lipinski definition) is 2. The van der Waals surface area contributed by atoms with Gasteiger partial charge in [-0.15, -0.1) is 0 Å². The van der Waals surface area contributed by atoms with E-state index < -0.39 is 67.2 Å². The molecule has 0 radical (unpaired) electrons. The van der Waals surface area contributed by atoms with Gasteiger partial charge in [-0.05, 0) is 97.5 Å². The smallest absolute Gasteiger partial charge is 0.412 e. The molecule has 0 aliphatic carbocycles. The highest BCUT2D eigenvalue weighted by Gasteiger charge is 2.53. The summed E-state index contributed by atoms with van der Waals surface area (Å²) in [5, 5.41) is 13.1. The van der Waals surface area contributed by atoms with Crippen molar-refractivity contribution in [1.82, 2.24) is 0 Å². The van der Waals surface area contributed by atoms with Gasteiger partial charge in [0, 0.05) is 21.7 Å². The maximum atomic E-state index is 14.1. The number of carbonyl (C=O) groups is 3. The summed E-state index contributed by atoms with van der Waals surface area (Å²) in [6.45, 7) is -0.631. The van der Waals surface area contributed by atoms with Gasteiger partial charge in [-0.2, -0.15) is 0 Å². The summed E-state index contributed by atoms with van der Waals surface area (Å²) in [4.78, 5) is 41.6. The fourth-order valence-corrected chi connectivity index (χ4v) is 7.42. The van der Waals surface area contributed by atoms with Crippen molar-refractivity contribution in [2.45, 2.75) is 56.4 Å². The lowest BCUT2D eigenvalue weighted by molar-refractivity contribution is -0.300. The van der Waals surface area contributed by atoms with Crippen LogP contribution in [-0.2, 0) is 46.1 Å². The molecular weight excluding hydrogens is 838 g/mol. The number of allylic oxidation sites excluding steroid dienone is 2. The van der Waals surface area contributed by atoms with Gasteiger partial charge in [-0.25, -0.2) is 4.79 Å². The highest BCUT2D eigenvalue weighted by atomic mass is 79.9. The first-order valence-electron chi connectivity index (χ1n) is 17.8. The Bertz CT molecular complexity index is 1940. The van der Waals surface area contributed by atoms with Gasteiger partial charge in [0.2, 0.25) is 0 Å². The van der Waals surface area contributed by atoms with Crippen LogP contribution in [0.15, 0.2) is 124 Å². The Labute approximate surface area is 336 Å². The van der Waals surface area contributed by atoms with E-state index in [-0.39, 0.29) is 0 Å². The first-order valence-corrected chi connectivity index (χ1v) is 19.4. The first kappa shape index (κ1) is 40.1. The predicted molar refractivity (Wildman–Crippen MR) is 210 cm³/mol. The van der Waals surface area contributed by atoms with Crippen LogP contribution in [0.5, 0.6) is 11.5 Å². The maximum absolute atomic E-state index is 14.1. The number of carbonyl (C=O) groups excluding carboxylic acids is 3. The number of ether oxygens (including phenoxy) is 6. The van der Waals surface area contributed by atoms with Gasteiger partial charge < -0.3 is 33.5 Å². The lowest BCUT2D eigenvalue weighted by atomic mass is 9.92. The molecule has 288 valence electrons. The minimum Gasteiger partial charge on any atom is -0.457 e. The van der Waals surface area contributed by atoms with Gasteiger partial charge in [0.25, 0.3) is 0 Å². The number of amides is 1. The number of hydrogen-bond acceptors (Lipinski definition) is 10. The summed E-state index contributed by atoms with van der Waals surface area (Å²) in [5.74, 6) is -1.29. The van der Waals surface area contributed by atoms with Crippen LogP contribution in [0.4, 0.5) is 10.5 Å². The fourth-order valence-electron chi connectivity index (χ4n) is 6.52. The Morgan fingerprint density at radius 2 is 1.33 bits per heavy atom. The minimum absolute atomic E-state index is 0.311.